The Morgan fingerprint density at radius 1 is 1.00 bits per heavy atom. The summed E-state index contributed by atoms with van der Waals surface area (Å²) in [5.41, 5.74) is 1.84. The Morgan fingerprint density at radius 3 is 2.21 bits per heavy atom. The molecule has 1 aliphatic heterocycles. The van der Waals surface area contributed by atoms with Crippen LogP contribution < -0.4 is 4.74 Å². The number of benzene rings is 3. The van der Waals surface area contributed by atoms with Crippen molar-refractivity contribution in [2.45, 2.75) is 30.3 Å². The highest BCUT2D eigenvalue weighted by atomic mass is 35.5. The molecule has 0 bridgehead atoms. The first kappa shape index (κ1) is 24.0. The Morgan fingerprint density at radius 2 is 1.62 bits per heavy atom. The third-order valence-electron chi connectivity index (χ3n) is 6.00. The van der Waals surface area contributed by atoms with Crippen LogP contribution in [0, 0.1) is 6.92 Å². The molecular formula is C26H24ClNO5S. The van der Waals surface area contributed by atoms with Gasteiger partial charge < -0.3 is 9.84 Å². The summed E-state index contributed by atoms with van der Waals surface area (Å²) in [4.78, 5) is 12.4. The van der Waals surface area contributed by atoms with E-state index in [-0.39, 0.29) is 16.9 Å². The fourth-order valence-electron chi connectivity index (χ4n) is 4.32. The summed E-state index contributed by atoms with van der Waals surface area (Å²) in [6.45, 7) is 1.73. The minimum Gasteiger partial charge on any atom is -0.497 e. The first-order valence-electron chi connectivity index (χ1n) is 10.7. The monoisotopic (exact) mass is 497 g/mol. The zero-order valence-electron chi connectivity index (χ0n) is 18.7. The molecule has 2 atom stereocenters. The molecular weight excluding hydrogens is 474 g/mol. The number of aliphatic carboxylic acids is 1. The van der Waals surface area contributed by atoms with Gasteiger partial charge in [0.25, 0.3) is 0 Å². The van der Waals surface area contributed by atoms with E-state index < -0.39 is 28.1 Å². The van der Waals surface area contributed by atoms with Gasteiger partial charge in [0.2, 0.25) is 10.0 Å². The lowest BCUT2D eigenvalue weighted by atomic mass is 9.89. The van der Waals surface area contributed by atoms with Crippen molar-refractivity contribution in [3.05, 3.63) is 106 Å². The number of ether oxygens (including phenoxy) is 1. The number of methoxy groups -OCH3 is 1. The van der Waals surface area contributed by atoms with Crippen molar-refractivity contribution in [1.29, 1.82) is 0 Å². The van der Waals surface area contributed by atoms with E-state index >= 15 is 0 Å². The molecule has 3 aromatic rings. The maximum absolute atomic E-state index is 14.2. The molecule has 3 aromatic carbocycles. The van der Waals surface area contributed by atoms with Crippen molar-refractivity contribution in [2.24, 2.45) is 0 Å². The number of aryl methyl sites for hydroxylation is 1. The maximum atomic E-state index is 14.2. The predicted molar refractivity (Wildman–Crippen MR) is 130 cm³/mol. The molecule has 34 heavy (non-hydrogen) atoms. The second-order valence-corrected chi connectivity index (χ2v) is 10.3. The van der Waals surface area contributed by atoms with Crippen LogP contribution in [0.15, 0.2) is 89.3 Å². The molecule has 1 N–H and O–H groups in total. The van der Waals surface area contributed by atoms with E-state index in [2.05, 4.69) is 0 Å². The summed E-state index contributed by atoms with van der Waals surface area (Å²) < 4.78 is 35.0. The molecule has 0 aromatic heterocycles. The first-order valence-corrected chi connectivity index (χ1v) is 12.5. The molecule has 1 aliphatic rings. The van der Waals surface area contributed by atoms with Gasteiger partial charge in [0.15, 0.2) is 0 Å². The Labute approximate surface area is 204 Å². The largest absolute Gasteiger partial charge is 0.497 e. The molecule has 0 spiro atoms. The Hall–Kier alpha value is -3.13. The first-order chi connectivity index (χ1) is 16.2. The Balaban J connectivity index is 1.97. The van der Waals surface area contributed by atoms with E-state index in [4.69, 9.17) is 16.3 Å². The molecule has 1 heterocycles. The normalized spacial score (nSPS) is 18.9. The second-order valence-electron chi connectivity index (χ2n) is 8.04. The Kier molecular flexibility index (Phi) is 6.79. The van der Waals surface area contributed by atoms with E-state index in [1.807, 2.05) is 12.1 Å². The number of halogens is 1. The molecule has 0 saturated carbocycles. The van der Waals surface area contributed by atoms with Gasteiger partial charge in [-0.05, 0) is 60.4 Å². The fourth-order valence-corrected chi connectivity index (χ4v) is 6.46. The summed E-state index contributed by atoms with van der Waals surface area (Å²) in [6, 6.07) is 18.8. The summed E-state index contributed by atoms with van der Waals surface area (Å²) in [5.74, 6) is -0.526. The van der Waals surface area contributed by atoms with Gasteiger partial charge >= 0.3 is 5.97 Å². The number of rotatable bonds is 6. The van der Waals surface area contributed by atoms with Gasteiger partial charge in [-0.1, -0.05) is 60.1 Å². The topological polar surface area (TPSA) is 83.9 Å². The third kappa shape index (κ3) is 4.46. The number of carboxylic acid groups (broad SMARTS) is 1. The number of carboxylic acids is 1. The molecule has 0 fully saturated rings. The van der Waals surface area contributed by atoms with Gasteiger partial charge in [-0.2, -0.15) is 4.31 Å². The third-order valence-corrected chi connectivity index (χ3v) is 8.29. The van der Waals surface area contributed by atoms with Crippen molar-refractivity contribution < 1.29 is 23.1 Å². The standard InChI is InChI=1S/C26H24ClNO5S/c1-17-5-3-4-6-24(17)34(31,32)28-23(18-9-13-21(33-2)14-10-18)16-15-22(26(29)30)25(28)19-7-11-20(27)12-8-19/h3-15,23,25H,16H2,1-2H3,(H,29,30)/t23-,25-/m0/s1. The summed E-state index contributed by atoms with van der Waals surface area (Å²) in [6.07, 6.45) is 1.82. The highest BCUT2D eigenvalue weighted by molar-refractivity contribution is 7.89. The number of nitrogens with zero attached hydrogens (tertiary/aromatic N) is 1. The number of hydrogen-bond acceptors (Lipinski definition) is 4. The van der Waals surface area contributed by atoms with E-state index in [1.165, 1.54) is 4.31 Å². The van der Waals surface area contributed by atoms with Gasteiger partial charge in [-0.3, -0.25) is 0 Å². The van der Waals surface area contributed by atoms with E-state index in [0.29, 0.717) is 21.9 Å². The molecule has 0 unspecified atom stereocenters. The van der Waals surface area contributed by atoms with Crippen LogP contribution >= 0.6 is 11.6 Å². The molecule has 8 heteroatoms. The quantitative estimate of drug-likeness (QED) is 0.483. The van der Waals surface area contributed by atoms with Crippen molar-refractivity contribution >= 4 is 27.6 Å². The second kappa shape index (κ2) is 9.62. The summed E-state index contributed by atoms with van der Waals surface area (Å²) in [7, 11) is -2.56. The molecule has 0 radical (unpaired) electrons. The van der Waals surface area contributed by atoms with Gasteiger partial charge in [0.05, 0.1) is 29.7 Å². The molecule has 176 valence electrons. The molecule has 0 saturated heterocycles. The van der Waals surface area contributed by atoms with E-state index in [9.17, 15) is 18.3 Å². The SMILES string of the molecule is COc1ccc([C@@H]2CC=C(C(=O)O)[C@H](c3ccc(Cl)cc3)N2S(=O)(=O)c2ccccc2C)cc1. The minimum absolute atomic E-state index is 0.00393. The van der Waals surface area contributed by atoms with Crippen molar-refractivity contribution in [2.75, 3.05) is 7.11 Å². The zero-order chi connectivity index (χ0) is 24.5. The van der Waals surface area contributed by atoms with Crippen LogP contribution in [0.3, 0.4) is 0 Å². The van der Waals surface area contributed by atoms with Gasteiger partial charge in [0, 0.05) is 5.02 Å². The van der Waals surface area contributed by atoms with Crippen LogP contribution in [0.25, 0.3) is 0 Å². The van der Waals surface area contributed by atoms with Crippen LogP contribution in [0.2, 0.25) is 5.02 Å². The Bertz CT molecular complexity index is 1330. The lowest BCUT2D eigenvalue weighted by Crippen LogP contribution is -2.42. The van der Waals surface area contributed by atoms with Crippen LogP contribution in [0.5, 0.6) is 5.75 Å². The number of hydrogen-bond donors (Lipinski definition) is 1. The van der Waals surface area contributed by atoms with Gasteiger partial charge in [-0.25, -0.2) is 13.2 Å². The average Bonchev–Trinajstić information content (AvgIpc) is 2.84. The number of sulfonamides is 1. The van der Waals surface area contributed by atoms with Crippen molar-refractivity contribution in [3.8, 4) is 5.75 Å². The maximum Gasteiger partial charge on any atom is 0.333 e. The van der Waals surface area contributed by atoms with E-state index in [1.54, 1.807) is 80.8 Å². The fraction of sp³-hybridized carbons (Fsp3) is 0.192. The van der Waals surface area contributed by atoms with Crippen molar-refractivity contribution in [1.82, 2.24) is 4.31 Å². The van der Waals surface area contributed by atoms with Crippen LogP contribution in [0.4, 0.5) is 0 Å². The lowest BCUT2D eigenvalue weighted by molar-refractivity contribution is -0.133. The summed E-state index contributed by atoms with van der Waals surface area (Å²) >= 11 is 6.07. The predicted octanol–water partition coefficient (Wildman–Crippen LogP) is 5.55. The molecule has 0 aliphatic carbocycles. The van der Waals surface area contributed by atoms with Crippen molar-refractivity contribution in [3.63, 3.8) is 0 Å². The van der Waals surface area contributed by atoms with Crippen LogP contribution in [-0.4, -0.2) is 30.9 Å². The summed E-state index contributed by atoms with van der Waals surface area (Å²) in [5, 5.41) is 10.5. The van der Waals surface area contributed by atoms with Crippen LogP contribution in [-0.2, 0) is 14.8 Å². The molecule has 4 rings (SSSR count). The van der Waals surface area contributed by atoms with Crippen LogP contribution in [0.1, 0.15) is 35.2 Å². The molecule has 6 nitrogen and oxygen atoms in total. The molecule has 0 amide bonds. The highest BCUT2D eigenvalue weighted by Gasteiger charge is 2.44. The highest BCUT2D eigenvalue weighted by Crippen LogP contribution is 2.46. The smallest absolute Gasteiger partial charge is 0.333 e. The van der Waals surface area contributed by atoms with Gasteiger partial charge in [0.1, 0.15) is 5.75 Å². The number of carbonyl (C=O) groups is 1. The lowest BCUT2D eigenvalue weighted by Gasteiger charge is -2.41. The van der Waals surface area contributed by atoms with E-state index in [0.717, 1.165) is 5.56 Å². The zero-order valence-corrected chi connectivity index (χ0v) is 20.3. The van der Waals surface area contributed by atoms with Gasteiger partial charge in [-0.15, -0.1) is 0 Å². The average molecular weight is 498 g/mol. The minimum atomic E-state index is -4.11.